The van der Waals surface area contributed by atoms with E-state index in [1.807, 2.05) is 6.07 Å². The SMILES string of the molecule is COc1cc(N2CCN(C3C(C=O)CCOC3(C)C)CC2)ccc1Nc1nc(NC2CCCCC2)c2nc[nH]c2n1. The van der Waals surface area contributed by atoms with Crippen molar-refractivity contribution >= 4 is 40.6 Å². The van der Waals surface area contributed by atoms with Gasteiger partial charge in [-0.25, -0.2) is 4.98 Å². The van der Waals surface area contributed by atoms with Gasteiger partial charge in [-0.3, -0.25) is 4.90 Å². The predicted molar refractivity (Wildman–Crippen MR) is 160 cm³/mol. The van der Waals surface area contributed by atoms with E-state index in [0.717, 1.165) is 80.2 Å². The average molecular weight is 563 g/mol. The van der Waals surface area contributed by atoms with Crippen LogP contribution in [0.3, 0.4) is 0 Å². The lowest BCUT2D eigenvalue weighted by Crippen LogP contribution is -2.62. The number of aromatic amines is 1. The number of ether oxygens (including phenoxy) is 2. The number of aromatic nitrogens is 4. The van der Waals surface area contributed by atoms with E-state index in [0.29, 0.717) is 24.2 Å². The topological polar surface area (TPSA) is 121 Å². The summed E-state index contributed by atoms with van der Waals surface area (Å²) in [6, 6.07) is 6.70. The summed E-state index contributed by atoms with van der Waals surface area (Å²) in [6.45, 7) is 8.34. The number of carbonyl (C=O) groups is 1. The van der Waals surface area contributed by atoms with E-state index in [4.69, 9.17) is 14.5 Å². The van der Waals surface area contributed by atoms with Crippen molar-refractivity contribution in [2.75, 3.05) is 55.4 Å². The zero-order valence-corrected chi connectivity index (χ0v) is 24.4. The molecule has 3 fully saturated rings. The molecule has 0 spiro atoms. The number of nitrogens with zero attached hydrogens (tertiary/aromatic N) is 5. The van der Waals surface area contributed by atoms with Crippen molar-refractivity contribution in [1.82, 2.24) is 24.8 Å². The Kier molecular flexibility index (Phi) is 7.99. The van der Waals surface area contributed by atoms with Crippen LogP contribution >= 0.6 is 0 Å². The van der Waals surface area contributed by atoms with E-state index < -0.39 is 0 Å². The zero-order chi connectivity index (χ0) is 28.4. The van der Waals surface area contributed by atoms with Gasteiger partial charge in [0.1, 0.15) is 17.6 Å². The Morgan fingerprint density at radius 2 is 1.90 bits per heavy atom. The van der Waals surface area contributed by atoms with E-state index in [9.17, 15) is 4.79 Å². The first kappa shape index (κ1) is 27.7. The van der Waals surface area contributed by atoms with Crippen LogP contribution < -0.4 is 20.3 Å². The van der Waals surface area contributed by atoms with Crippen LogP contribution in [0.2, 0.25) is 0 Å². The van der Waals surface area contributed by atoms with Crippen molar-refractivity contribution in [2.24, 2.45) is 5.92 Å². The molecule has 0 bridgehead atoms. The monoisotopic (exact) mass is 562 g/mol. The van der Waals surface area contributed by atoms with Gasteiger partial charge in [-0.1, -0.05) is 19.3 Å². The van der Waals surface area contributed by atoms with Gasteiger partial charge in [-0.15, -0.1) is 0 Å². The molecule has 4 heterocycles. The number of H-pyrrole nitrogens is 1. The molecule has 1 aromatic carbocycles. The molecule has 11 heteroatoms. The summed E-state index contributed by atoms with van der Waals surface area (Å²) in [4.78, 5) is 33.7. The second-order valence-electron chi connectivity index (χ2n) is 12.0. The first-order chi connectivity index (χ1) is 19.9. The normalized spacial score (nSPS) is 23.8. The largest absolute Gasteiger partial charge is 0.494 e. The average Bonchev–Trinajstić information content (AvgIpc) is 3.47. The standard InChI is InChI=1S/C30H42N8O3/c1-30(2)26(20(18-39)11-16-41-30)38-14-12-37(13-15-38)22-9-10-23(24(17-22)40-3)34-29-35-27-25(31-19-32-27)28(36-29)33-21-7-5-4-6-8-21/h9-10,17-21,26H,4-8,11-16H2,1-3H3,(H3,31,32,33,34,35,36). The second-order valence-corrected chi connectivity index (χ2v) is 12.0. The molecule has 3 aromatic rings. The van der Waals surface area contributed by atoms with Gasteiger partial charge in [0.05, 0.1) is 24.7 Å². The minimum absolute atomic E-state index is 0.0114. The maximum Gasteiger partial charge on any atom is 0.231 e. The number of imidazole rings is 1. The zero-order valence-electron chi connectivity index (χ0n) is 24.4. The number of fused-ring (bicyclic) bond motifs is 1. The Morgan fingerprint density at radius 3 is 2.66 bits per heavy atom. The highest BCUT2D eigenvalue weighted by Gasteiger charge is 2.44. The van der Waals surface area contributed by atoms with Crippen LogP contribution in [0, 0.1) is 5.92 Å². The predicted octanol–water partition coefficient (Wildman–Crippen LogP) is 4.35. The fraction of sp³-hybridized carbons (Fsp3) is 0.600. The van der Waals surface area contributed by atoms with Crippen LogP contribution in [0.5, 0.6) is 5.75 Å². The Hall–Kier alpha value is -3.44. The summed E-state index contributed by atoms with van der Waals surface area (Å²) >= 11 is 0. The van der Waals surface area contributed by atoms with Gasteiger partial charge < -0.3 is 34.8 Å². The minimum atomic E-state index is -0.338. The third-order valence-electron chi connectivity index (χ3n) is 8.95. The highest BCUT2D eigenvalue weighted by Crippen LogP contribution is 2.36. The number of hydrogen-bond acceptors (Lipinski definition) is 10. The molecule has 1 saturated carbocycles. The van der Waals surface area contributed by atoms with Crippen LogP contribution in [0.25, 0.3) is 11.2 Å². The number of hydrogen-bond donors (Lipinski definition) is 3. The van der Waals surface area contributed by atoms with Gasteiger partial charge in [-0.05, 0) is 45.2 Å². The van der Waals surface area contributed by atoms with Gasteiger partial charge in [-0.2, -0.15) is 9.97 Å². The fourth-order valence-corrected chi connectivity index (χ4v) is 6.86. The molecular weight excluding hydrogens is 520 g/mol. The molecule has 1 aliphatic carbocycles. The molecule has 2 aromatic heterocycles. The van der Waals surface area contributed by atoms with Crippen LogP contribution in [-0.2, 0) is 9.53 Å². The molecule has 41 heavy (non-hydrogen) atoms. The molecule has 11 nitrogen and oxygen atoms in total. The third kappa shape index (κ3) is 5.83. The molecular formula is C30H42N8O3. The minimum Gasteiger partial charge on any atom is -0.494 e. The number of carbonyl (C=O) groups excluding carboxylic acids is 1. The lowest BCUT2D eigenvalue weighted by molar-refractivity contribution is -0.146. The number of methoxy groups -OCH3 is 1. The summed E-state index contributed by atoms with van der Waals surface area (Å²) in [6.07, 6.45) is 9.64. The number of anilines is 4. The van der Waals surface area contributed by atoms with E-state index in [1.165, 1.54) is 19.3 Å². The summed E-state index contributed by atoms with van der Waals surface area (Å²) in [5.74, 6) is 1.98. The number of rotatable bonds is 8. The van der Waals surface area contributed by atoms with Crippen molar-refractivity contribution in [2.45, 2.75) is 70.1 Å². The highest BCUT2D eigenvalue weighted by molar-refractivity contribution is 5.84. The number of nitrogens with one attached hydrogen (secondary N) is 3. The van der Waals surface area contributed by atoms with Gasteiger partial charge in [0, 0.05) is 62.5 Å². The quantitative estimate of drug-likeness (QED) is 0.342. The highest BCUT2D eigenvalue weighted by atomic mass is 16.5. The molecule has 2 aliphatic heterocycles. The second kappa shape index (κ2) is 11.8. The lowest BCUT2D eigenvalue weighted by Gasteiger charge is -2.50. The summed E-state index contributed by atoms with van der Waals surface area (Å²) in [7, 11) is 1.68. The maximum absolute atomic E-state index is 11.8. The van der Waals surface area contributed by atoms with Gasteiger partial charge >= 0.3 is 0 Å². The Balaban J connectivity index is 1.16. The molecule has 0 amide bonds. The van der Waals surface area contributed by atoms with Crippen LogP contribution in [-0.4, -0.2) is 88.7 Å². The molecule has 6 rings (SSSR count). The first-order valence-corrected chi connectivity index (χ1v) is 15.0. The van der Waals surface area contributed by atoms with Crippen molar-refractivity contribution < 1.29 is 14.3 Å². The molecule has 3 aliphatic rings. The lowest BCUT2D eigenvalue weighted by atomic mass is 9.81. The molecule has 220 valence electrons. The molecule has 2 saturated heterocycles. The van der Waals surface area contributed by atoms with Crippen LogP contribution in [0.15, 0.2) is 24.5 Å². The Morgan fingerprint density at radius 1 is 1.10 bits per heavy atom. The first-order valence-electron chi connectivity index (χ1n) is 15.0. The van der Waals surface area contributed by atoms with Crippen LogP contribution in [0.1, 0.15) is 52.4 Å². The van der Waals surface area contributed by atoms with Gasteiger partial charge in [0.2, 0.25) is 5.95 Å². The van der Waals surface area contributed by atoms with Crippen LogP contribution in [0.4, 0.5) is 23.1 Å². The third-order valence-corrected chi connectivity index (χ3v) is 8.95. The summed E-state index contributed by atoms with van der Waals surface area (Å²) in [5, 5.41) is 6.99. The summed E-state index contributed by atoms with van der Waals surface area (Å²) in [5.41, 5.74) is 3.01. The van der Waals surface area contributed by atoms with Gasteiger partial charge in [0.25, 0.3) is 0 Å². The molecule has 0 radical (unpaired) electrons. The van der Waals surface area contributed by atoms with Crippen molar-refractivity contribution in [3.05, 3.63) is 24.5 Å². The van der Waals surface area contributed by atoms with Gasteiger partial charge in [0.15, 0.2) is 11.5 Å². The fourth-order valence-electron chi connectivity index (χ4n) is 6.86. The Bertz CT molecular complexity index is 1350. The van der Waals surface area contributed by atoms with E-state index in [1.54, 1.807) is 13.4 Å². The molecule has 2 atom stereocenters. The smallest absolute Gasteiger partial charge is 0.231 e. The summed E-state index contributed by atoms with van der Waals surface area (Å²) < 4.78 is 11.9. The van der Waals surface area contributed by atoms with E-state index >= 15 is 0 Å². The van der Waals surface area contributed by atoms with Crippen molar-refractivity contribution in [3.63, 3.8) is 0 Å². The maximum atomic E-state index is 11.8. The molecule has 2 unspecified atom stereocenters. The Labute approximate surface area is 241 Å². The van der Waals surface area contributed by atoms with E-state index in [2.05, 4.69) is 61.4 Å². The number of aldehydes is 1. The number of piperazine rings is 1. The number of benzene rings is 1. The van der Waals surface area contributed by atoms with E-state index in [-0.39, 0.29) is 17.6 Å². The van der Waals surface area contributed by atoms with Crippen molar-refractivity contribution in [1.29, 1.82) is 0 Å². The molecule has 3 N–H and O–H groups in total. The van der Waals surface area contributed by atoms with Crippen molar-refractivity contribution in [3.8, 4) is 5.75 Å².